The molecule has 1 aliphatic rings. The first-order chi connectivity index (χ1) is 9.17. The molecule has 0 aromatic heterocycles. The second-order valence-corrected chi connectivity index (χ2v) is 6.03. The fourth-order valence-corrected chi connectivity index (χ4v) is 3.02. The van der Waals surface area contributed by atoms with Gasteiger partial charge < -0.3 is 10.1 Å². The second-order valence-electron chi connectivity index (χ2n) is 6.03. The van der Waals surface area contributed by atoms with Crippen LogP contribution in [-0.4, -0.2) is 26.3 Å². The van der Waals surface area contributed by atoms with E-state index < -0.39 is 0 Å². The van der Waals surface area contributed by atoms with Crippen molar-refractivity contribution in [2.24, 2.45) is 5.41 Å². The zero-order chi connectivity index (χ0) is 13.7. The second kappa shape index (κ2) is 6.53. The van der Waals surface area contributed by atoms with Gasteiger partial charge in [0, 0.05) is 18.6 Å². The van der Waals surface area contributed by atoms with E-state index in [4.69, 9.17) is 4.74 Å². The standard InChI is InChI=1S/C17H27NO/c1-4-9-18-12-17(8-10-19-13-17)11-16-14(2)6-5-7-15(16)3/h5-7,18H,4,8-13H2,1-3H3. The van der Waals surface area contributed by atoms with E-state index in [1.54, 1.807) is 0 Å². The van der Waals surface area contributed by atoms with E-state index in [9.17, 15) is 0 Å². The Labute approximate surface area is 117 Å². The highest BCUT2D eigenvalue weighted by Gasteiger charge is 2.35. The average molecular weight is 261 g/mol. The van der Waals surface area contributed by atoms with Crippen molar-refractivity contribution in [1.29, 1.82) is 0 Å². The molecule has 1 unspecified atom stereocenters. The fraction of sp³-hybridized carbons (Fsp3) is 0.647. The summed E-state index contributed by atoms with van der Waals surface area (Å²) in [4.78, 5) is 0. The third kappa shape index (κ3) is 3.58. The molecule has 0 bridgehead atoms. The van der Waals surface area contributed by atoms with E-state index in [1.165, 1.54) is 29.5 Å². The Bertz CT molecular complexity index is 387. The first-order valence-electron chi connectivity index (χ1n) is 7.50. The SMILES string of the molecule is CCCNCC1(Cc2c(C)cccc2C)CCOC1. The highest BCUT2D eigenvalue weighted by Crippen LogP contribution is 2.34. The Morgan fingerprint density at radius 1 is 1.26 bits per heavy atom. The number of benzene rings is 1. The van der Waals surface area contributed by atoms with Crippen molar-refractivity contribution in [1.82, 2.24) is 5.32 Å². The number of aryl methyl sites for hydroxylation is 2. The molecular formula is C17H27NO. The molecule has 19 heavy (non-hydrogen) atoms. The van der Waals surface area contributed by atoms with Crippen LogP contribution in [-0.2, 0) is 11.2 Å². The van der Waals surface area contributed by atoms with Gasteiger partial charge in [-0.25, -0.2) is 0 Å². The van der Waals surface area contributed by atoms with Gasteiger partial charge in [-0.3, -0.25) is 0 Å². The molecular weight excluding hydrogens is 234 g/mol. The average Bonchev–Trinajstić information content (AvgIpc) is 2.84. The quantitative estimate of drug-likeness (QED) is 0.794. The van der Waals surface area contributed by atoms with Gasteiger partial charge in [-0.1, -0.05) is 25.1 Å². The summed E-state index contributed by atoms with van der Waals surface area (Å²) in [6.45, 7) is 10.7. The fourth-order valence-electron chi connectivity index (χ4n) is 3.02. The monoisotopic (exact) mass is 261 g/mol. The number of hydrogen-bond acceptors (Lipinski definition) is 2. The van der Waals surface area contributed by atoms with Gasteiger partial charge in [-0.15, -0.1) is 0 Å². The lowest BCUT2D eigenvalue weighted by Crippen LogP contribution is -2.37. The molecule has 1 aromatic rings. The first-order valence-corrected chi connectivity index (χ1v) is 7.50. The van der Waals surface area contributed by atoms with Crippen molar-refractivity contribution in [3.8, 4) is 0 Å². The lowest BCUT2D eigenvalue weighted by atomic mass is 9.78. The maximum absolute atomic E-state index is 5.70. The summed E-state index contributed by atoms with van der Waals surface area (Å²) in [5.41, 5.74) is 4.65. The van der Waals surface area contributed by atoms with Crippen molar-refractivity contribution < 1.29 is 4.74 Å². The first kappa shape index (κ1) is 14.5. The number of hydrogen-bond donors (Lipinski definition) is 1. The molecule has 2 heteroatoms. The van der Waals surface area contributed by atoms with Crippen LogP contribution in [0.25, 0.3) is 0 Å². The zero-order valence-electron chi connectivity index (χ0n) is 12.6. The molecule has 1 atom stereocenters. The Hall–Kier alpha value is -0.860. The van der Waals surface area contributed by atoms with Crippen LogP contribution in [0, 0.1) is 19.3 Å². The molecule has 1 aliphatic heterocycles. The molecule has 1 fully saturated rings. The van der Waals surface area contributed by atoms with Crippen molar-refractivity contribution in [2.75, 3.05) is 26.3 Å². The number of rotatable bonds is 6. The van der Waals surface area contributed by atoms with E-state index in [1.807, 2.05) is 0 Å². The minimum absolute atomic E-state index is 0.298. The number of nitrogens with one attached hydrogen (secondary N) is 1. The highest BCUT2D eigenvalue weighted by molar-refractivity contribution is 5.34. The summed E-state index contributed by atoms with van der Waals surface area (Å²) < 4.78 is 5.70. The van der Waals surface area contributed by atoms with E-state index in [0.29, 0.717) is 5.41 Å². The van der Waals surface area contributed by atoms with Gasteiger partial charge in [0.15, 0.2) is 0 Å². The summed E-state index contributed by atoms with van der Waals surface area (Å²) >= 11 is 0. The molecule has 0 radical (unpaired) electrons. The molecule has 0 saturated carbocycles. The van der Waals surface area contributed by atoms with Gasteiger partial charge in [-0.05, 0) is 56.3 Å². The molecule has 1 N–H and O–H groups in total. The molecule has 0 aliphatic carbocycles. The van der Waals surface area contributed by atoms with E-state index >= 15 is 0 Å². The Morgan fingerprint density at radius 2 is 2.00 bits per heavy atom. The third-order valence-electron chi connectivity index (χ3n) is 4.31. The van der Waals surface area contributed by atoms with E-state index in [0.717, 1.165) is 32.7 Å². The summed E-state index contributed by atoms with van der Waals surface area (Å²) in [5.74, 6) is 0. The van der Waals surface area contributed by atoms with Crippen LogP contribution in [0.5, 0.6) is 0 Å². The molecule has 1 heterocycles. The molecule has 2 rings (SSSR count). The predicted octanol–water partition coefficient (Wildman–Crippen LogP) is 3.25. The maximum Gasteiger partial charge on any atom is 0.0538 e. The molecule has 2 nitrogen and oxygen atoms in total. The maximum atomic E-state index is 5.70. The lowest BCUT2D eigenvalue weighted by Gasteiger charge is -2.29. The summed E-state index contributed by atoms with van der Waals surface area (Å²) in [6.07, 6.45) is 3.51. The van der Waals surface area contributed by atoms with Crippen molar-refractivity contribution >= 4 is 0 Å². The highest BCUT2D eigenvalue weighted by atomic mass is 16.5. The van der Waals surface area contributed by atoms with Crippen molar-refractivity contribution in [2.45, 2.75) is 40.0 Å². The van der Waals surface area contributed by atoms with E-state index in [-0.39, 0.29) is 0 Å². The van der Waals surface area contributed by atoms with Gasteiger partial charge in [0.25, 0.3) is 0 Å². The van der Waals surface area contributed by atoms with Crippen molar-refractivity contribution in [3.63, 3.8) is 0 Å². The number of ether oxygens (including phenoxy) is 1. The van der Waals surface area contributed by atoms with Gasteiger partial charge in [-0.2, -0.15) is 0 Å². The molecule has 1 saturated heterocycles. The summed E-state index contributed by atoms with van der Waals surface area (Å²) in [7, 11) is 0. The van der Waals surface area contributed by atoms with Crippen LogP contribution in [0.1, 0.15) is 36.5 Å². The third-order valence-corrected chi connectivity index (χ3v) is 4.31. The topological polar surface area (TPSA) is 21.3 Å². The Morgan fingerprint density at radius 3 is 2.58 bits per heavy atom. The van der Waals surface area contributed by atoms with Crippen molar-refractivity contribution in [3.05, 3.63) is 34.9 Å². The minimum atomic E-state index is 0.298. The van der Waals surface area contributed by atoms with Crippen LogP contribution in [0.3, 0.4) is 0 Å². The van der Waals surface area contributed by atoms with Crippen LogP contribution in [0.15, 0.2) is 18.2 Å². The van der Waals surface area contributed by atoms with Gasteiger partial charge in [0.2, 0.25) is 0 Å². The lowest BCUT2D eigenvalue weighted by molar-refractivity contribution is 0.149. The van der Waals surface area contributed by atoms with Crippen LogP contribution >= 0.6 is 0 Å². The Balaban J connectivity index is 2.12. The largest absolute Gasteiger partial charge is 0.381 e. The summed E-state index contributed by atoms with van der Waals surface area (Å²) in [6, 6.07) is 6.61. The predicted molar refractivity (Wildman–Crippen MR) is 80.6 cm³/mol. The van der Waals surface area contributed by atoms with E-state index in [2.05, 4.69) is 44.3 Å². The molecule has 0 spiro atoms. The van der Waals surface area contributed by atoms with Gasteiger partial charge >= 0.3 is 0 Å². The zero-order valence-corrected chi connectivity index (χ0v) is 12.6. The van der Waals surface area contributed by atoms with Gasteiger partial charge in [0.05, 0.1) is 6.61 Å². The molecule has 0 amide bonds. The van der Waals surface area contributed by atoms with Crippen LogP contribution in [0.4, 0.5) is 0 Å². The van der Waals surface area contributed by atoms with Gasteiger partial charge in [0.1, 0.15) is 0 Å². The van der Waals surface area contributed by atoms with Crippen LogP contribution in [0.2, 0.25) is 0 Å². The van der Waals surface area contributed by atoms with Crippen LogP contribution < -0.4 is 5.32 Å². The Kier molecular flexibility index (Phi) is 5.00. The molecule has 1 aromatic carbocycles. The summed E-state index contributed by atoms with van der Waals surface area (Å²) in [5, 5.41) is 3.60. The normalized spacial score (nSPS) is 22.9. The minimum Gasteiger partial charge on any atom is -0.381 e. The smallest absolute Gasteiger partial charge is 0.0538 e. The molecule has 106 valence electrons.